The molecule has 0 fully saturated rings. The number of benzene rings is 1. The van der Waals surface area contributed by atoms with Gasteiger partial charge in [0.1, 0.15) is 11.6 Å². The van der Waals surface area contributed by atoms with Crippen LogP contribution in [0.1, 0.15) is 10.4 Å². The highest BCUT2D eigenvalue weighted by Gasteiger charge is 2.13. The number of methoxy groups -OCH3 is 1. The molecular weight excluding hydrogens is 280 g/mol. The smallest absolute Gasteiger partial charge is 0.259 e. The minimum absolute atomic E-state index is 0.145. The first kappa shape index (κ1) is 13.8. The maximum absolute atomic E-state index is 12.4. The van der Waals surface area contributed by atoms with Gasteiger partial charge in [0.25, 0.3) is 5.91 Å². The Balaban J connectivity index is 1.92. The number of hydrogen-bond acceptors (Lipinski definition) is 5. The van der Waals surface area contributed by atoms with Crippen molar-refractivity contribution >= 4 is 28.4 Å². The summed E-state index contributed by atoms with van der Waals surface area (Å²) in [5.41, 5.74) is 7.30. The zero-order chi connectivity index (χ0) is 15.5. The van der Waals surface area contributed by atoms with E-state index in [4.69, 9.17) is 10.5 Å². The third-order valence-corrected chi connectivity index (χ3v) is 3.19. The SMILES string of the molecule is COc1cccc(NC(=O)c2cc3cccnc3nc2N)c1. The molecule has 0 radical (unpaired) electrons. The normalized spacial score (nSPS) is 10.4. The molecule has 1 amide bonds. The van der Waals surface area contributed by atoms with Gasteiger partial charge in [-0.2, -0.15) is 0 Å². The Morgan fingerprint density at radius 1 is 1.23 bits per heavy atom. The van der Waals surface area contributed by atoms with Gasteiger partial charge in [0.05, 0.1) is 12.7 Å². The molecule has 0 spiro atoms. The van der Waals surface area contributed by atoms with E-state index < -0.39 is 0 Å². The fourth-order valence-electron chi connectivity index (χ4n) is 2.10. The molecule has 0 unspecified atom stereocenters. The van der Waals surface area contributed by atoms with E-state index in [1.807, 2.05) is 6.07 Å². The van der Waals surface area contributed by atoms with Crippen molar-refractivity contribution < 1.29 is 9.53 Å². The van der Waals surface area contributed by atoms with Crippen molar-refractivity contribution in [3.63, 3.8) is 0 Å². The van der Waals surface area contributed by atoms with Crippen LogP contribution in [0.4, 0.5) is 11.5 Å². The number of carbonyl (C=O) groups excluding carboxylic acids is 1. The van der Waals surface area contributed by atoms with Gasteiger partial charge in [-0.1, -0.05) is 6.07 Å². The summed E-state index contributed by atoms with van der Waals surface area (Å²) in [6.07, 6.45) is 1.63. The molecule has 6 nitrogen and oxygen atoms in total. The number of rotatable bonds is 3. The number of amides is 1. The third-order valence-electron chi connectivity index (χ3n) is 3.19. The Labute approximate surface area is 127 Å². The fraction of sp³-hybridized carbons (Fsp3) is 0.0625. The Morgan fingerprint density at radius 3 is 2.91 bits per heavy atom. The first-order valence-corrected chi connectivity index (χ1v) is 6.64. The average Bonchev–Trinajstić information content (AvgIpc) is 2.54. The van der Waals surface area contributed by atoms with Gasteiger partial charge in [-0.05, 0) is 30.3 Å². The molecule has 0 saturated heterocycles. The molecule has 3 aromatic rings. The third kappa shape index (κ3) is 2.67. The topological polar surface area (TPSA) is 90.1 Å². The number of hydrogen-bond donors (Lipinski definition) is 2. The minimum atomic E-state index is -0.330. The lowest BCUT2D eigenvalue weighted by Gasteiger charge is -2.09. The van der Waals surface area contributed by atoms with Crippen molar-refractivity contribution in [2.75, 3.05) is 18.2 Å². The highest BCUT2D eigenvalue weighted by Crippen LogP contribution is 2.20. The highest BCUT2D eigenvalue weighted by atomic mass is 16.5. The van der Waals surface area contributed by atoms with Gasteiger partial charge < -0.3 is 15.8 Å². The van der Waals surface area contributed by atoms with E-state index in [0.717, 1.165) is 5.39 Å². The van der Waals surface area contributed by atoms with Crippen molar-refractivity contribution in [3.05, 3.63) is 54.2 Å². The van der Waals surface area contributed by atoms with Gasteiger partial charge in [-0.15, -0.1) is 0 Å². The minimum Gasteiger partial charge on any atom is -0.497 e. The number of aromatic nitrogens is 2. The molecule has 0 aliphatic carbocycles. The Morgan fingerprint density at radius 2 is 2.09 bits per heavy atom. The largest absolute Gasteiger partial charge is 0.497 e. The van der Waals surface area contributed by atoms with Crippen LogP contribution in [0, 0.1) is 0 Å². The Kier molecular flexibility index (Phi) is 3.57. The van der Waals surface area contributed by atoms with E-state index in [1.54, 1.807) is 49.7 Å². The number of fused-ring (bicyclic) bond motifs is 1. The number of ether oxygens (including phenoxy) is 1. The van der Waals surface area contributed by atoms with Crippen LogP contribution in [0.3, 0.4) is 0 Å². The summed E-state index contributed by atoms with van der Waals surface area (Å²) in [4.78, 5) is 20.6. The molecular formula is C16H14N4O2. The van der Waals surface area contributed by atoms with Crippen LogP contribution < -0.4 is 15.8 Å². The Hall–Kier alpha value is -3.15. The van der Waals surface area contributed by atoms with Crippen molar-refractivity contribution in [2.24, 2.45) is 0 Å². The van der Waals surface area contributed by atoms with Crippen molar-refractivity contribution in [1.82, 2.24) is 9.97 Å². The summed E-state index contributed by atoms with van der Waals surface area (Å²) in [6.45, 7) is 0. The maximum Gasteiger partial charge on any atom is 0.259 e. The van der Waals surface area contributed by atoms with E-state index in [9.17, 15) is 4.79 Å². The lowest BCUT2D eigenvalue weighted by Crippen LogP contribution is -2.15. The van der Waals surface area contributed by atoms with Gasteiger partial charge in [0.2, 0.25) is 0 Å². The van der Waals surface area contributed by atoms with Crippen LogP contribution in [0.5, 0.6) is 5.75 Å². The van der Waals surface area contributed by atoms with Crippen molar-refractivity contribution in [2.45, 2.75) is 0 Å². The quantitative estimate of drug-likeness (QED) is 0.774. The number of carbonyl (C=O) groups is 1. The van der Waals surface area contributed by atoms with Crippen LogP contribution in [0.15, 0.2) is 48.7 Å². The standard InChI is InChI=1S/C16H14N4O2/c1-22-12-6-2-5-11(9-12)19-16(21)13-8-10-4-3-7-18-15(10)20-14(13)17/h2-9H,1H3,(H,19,21)(H2,17,18,20). The summed E-state index contributed by atoms with van der Waals surface area (Å²) in [5, 5.41) is 3.54. The van der Waals surface area contributed by atoms with Gasteiger partial charge in [0, 0.05) is 23.3 Å². The molecule has 3 rings (SSSR count). The molecule has 0 aliphatic heterocycles. The monoisotopic (exact) mass is 294 g/mol. The van der Waals surface area contributed by atoms with Gasteiger partial charge in [-0.25, -0.2) is 9.97 Å². The predicted octanol–water partition coefficient (Wildman–Crippen LogP) is 2.47. The van der Waals surface area contributed by atoms with Gasteiger partial charge >= 0.3 is 0 Å². The number of nitrogens with two attached hydrogens (primary N) is 1. The predicted molar refractivity (Wildman–Crippen MR) is 84.9 cm³/mol. The van der Waals surface area contributed by atoms with E-state index in [2.05, 4.69) is 15.3 Å². The second-order valence-corrected chi connectivity index (χ2v) is 4.66. The van der Waals surface area contributed by atoms with Crippen LogP contribution in [0.2, 0.25) is 0 Å². The van der Waals surface area contributed by atoms with E-state index in [-0.39, 0.29) is 11.7 Å². The fourth-order valence-corrected chi connectivity index (χ4v) is 2.10. The zero-order valence-corrected chi connectivity index (χ0v) is 11.9. The molecule has 6 heteroatoms. The van der Waals surface area contributed by atoms with E-state index in [0.29, 0.717) is 22.6 Å². The molecule has 2 heterocycles. The molecule has 3 N–H and O–H groups in total. The zero-order valence-electron chi connectivity index (χ0n) is 11.9. The van der Waals surface area contributed by atoms with Gasteiger partial charge in [0.15, 0.2) is 5.65 Å². The summed E-state index contributed by atoms with van der Waals surface area (Å²) >= 11 is 0. The number of nitrogens with one attached hydrogen (secondary N) is 1. The van der Waals surface area contributed by atoms with Crippen LogP contribution in [-0.4, -0.2) is 23.0 Å². The first-order valence-electron chi connectivity index (χ1n) is 6.64. The number of nitrogen functional groups attached to an aromatic ring is 1. The lowest BCUT2D eigenvalue weighted by atomic mass is 10.1. The molecule has 0 bridgehead atoms. The van der Waals surface area contributed by atoms with Crippen LogP contribution in [0.25, 0.3) is 11.0 Å². The molecule has 22 heavy (non-hydrogen) atoms. The summed E-state index contributed by atoms with van der Waals surface area (Å²) < 4.78 is 5.13. The van der Waals surface area contributed by atoms with E-state index >= 15 is 0 Å². The summed E-state index contributed by atoms with van der Waals surface area (Å²) in [7, 11) is 1.57. The second-order valence-electron chi connectivity index (χ2n) is 4.66. The second kappa shape index (κ2) is 5.69. The highest BCUT2D eigenvalue weighted by molar-refractivity contribution is 6.09. The number of nitrogens with zero attached hydrogens (tertiary/aromatic N) is 2. The van der Waals surface area contributed by atoms with Crippen molar-refractivity contribution in [1.29, 1.82) is 0 Å². The molecule has 1 aromatic carbocycles. The van der Waals surface area contributed by atoms with E-state index in [1.165, 1.54) is 0 Å². The molecule has 0 aliphatic rings. The molecule has 0 atom stereocenters. The van der Waals surface area contributed by atoms with Gasteiger partial charge in [-0.3, -0.25) is 4.79 Å². The maximum atomic E-state index is 12.4. The van der Waals surface area contributed by atoms with Crippen LogP contribution >= 0.6 is 0 Å². The number of pyridine rings is 2. The molecule has 110 valence electrons. The summed E-state index contributed by atoms with van der Waals surface area (Å²) in [5.74, 6) is 0.474. The van der Waals surface area contributed by atoms with Crippen molar-refractivity contribution in [3.8, 4) is 5.75 Å². The lowest BCUT2D eigenvalue weighted by molar-refractivity contribution is 0.102. The summed E-state index contributed by atoms with van der Waals surface area (Å²) in [6, 6.07) is 12.4. The average molecular weight is 294 g/mol. The molecule has 0 saturated carbocycles. The number of anilines is 2. The first-order chi connectivity index (χ1) is 10.7. The Bertz CT molecular complexity index is 848. The van der Waals surface area contributed by atoms with Crippen LogP contribution in [-0.2, 0) is 0 Å². The molecule has 2 aromatic heterocycles.